The van der Waals surface area contributed by atoms with Gasteiger partial charge in [-0.25, -0.2) is 4.39 Å². The van der Waals surface area contributed by atoms with Crippen LogP contribution in [0.2, 0.25) is 0 Å². The number of aliphatic hydroxyl groups is 1. The summed E-state index contributed by atoms with van der Waals surface area (Å²) in [6.45, 7) is 2.81. The van der Waals surface area contributed by atoms with E-state index in [9.17, 15) is 0 Å². The van der Waals surface area contributed by atoms with E-state index in [4.69, 9.17) is 5.11 Å². The van der Waals surface area contributed by atoms with Crippen molar-refractivity contribution in [1.82, 2.24) is 10.2 Å². The highest BCUT2D eigenvalue weighted by molar-refractivity contribution is 5.22. The Hall–Kier alpha value is -0.970. The third-order valence-electron chi connectivity index (χ3n) is 5.84. The van der Waals surface area contributed by atoms with Crippen LogP contribution in [0.1, 0.15) is 50.0 Å². The number of nitrogens with one attached hydrogen (secondary N) is 1. The number of halogens is 1. The van der Waals surface area contributed by atoms with Crippen molar-refractivity contribution in [2.45, 2.75) is 56.2 Å². The average molecular weight is 334 g/mol. The molecule has 0 unspecified atom stereocenters. The summed E-state index contributed by atoms with van der Waals surface area (Å²) in [7, 11) is 0. The lowest BCUT2D eigenvalue weighted by molar-refractivity contribution is 0.0465. The molecule has 4 heteroatoms. The fraction of sp³-hybridized carbons (Fsp3) is 0.700. The van der Waals surface area contributed by atoms with E-state index in [1.54, 1.807) is 0 Å². The number of β-amino-alcohol motifs (C(OH)–C–C–N with tert-alkyl or cyclic N) is 1. The molecular formula is C20H31FN2O. The molecule has 1 aliphatic carbocycles. The van der Waals surface area contributed by atoms with Crippen LogP contribution >= 0.6 is 0 Å². The van der Waals surface area contributed by atoms with Crippen LogP contribution < -0.4 is 5.32 Å². The fourth-order valence-electron chi connectivity index (χ4n) is 4.28. The molecule has 0 amide bonds. The number of nitrogens with zero attached hydrogens (tertiary/aromatic N) is 1. The minimum Gasteiger partial charge on any atom is -0.395 e. The van der Waals surface area contributed by atoms with Gasteiger partial charge in [0.2, 0.25) is 0 Å². The molecule has 0 radical (unpaired) electrons. The van der Waals surface area contributed by atoms with E-state index >= 15 is 4.39 Å². The first-order valence-electron chi connectivity index (χ1n) is 9.51. The zero-order valence-corrected chi connectivity index (χ0v) is 14.6. The first kappa shape index (κ1) is 17.8. The van der Waals surface area contributed by atoms with Gasteiger partial charge < -0.3 is 15.3 Å². The Bertz CT molecular complexity index is 488. The van der Waals surface area contributed by atoms with Crippen LogP contribution in [0.4, 0.5) is 4.39 Å². The van der Waals surface area contributed by atoms with Crippen molar-refractivity contribution in [1.29, 1.82) is 0 Å². The third-order valence-corrected chi connectivity index (χ3v) is 5.84. The summed E-state index contributed by atoms with van der Waals surface area (Å²) in [5.41, 5.74) is 0.297. The quantitative estimate of drug-likeness (QED) is 0.839. The van der Waals surface area contributed by atoms with Gasteiger partial charge in [-0.3, -0.25) is 0 Å². The second-order valence-corrected chi connectivity index (χ2v) is 7.51. The zero-order chi connectivity index (χ0) is 16.8. The predicted molar refractivity (Wildman–Crippen MR) is 96.0 cm³/mol. The standard InChI is InChI=1S/C20H31FN2O/c21-20(10-12-23(13-11-20)14-15-24)16-22-19-9-5-4-8-18(19)17-6-2-1-3-7-17/h1-3,6-7,18-19,22,24H,4-5,8-16H2/t18-,19+/m0/s1. The minimum absolute atomic E-state index is 0.165. The summed E-state index contributed by atoms with van der Waals surface area (Å²) < 4.78 is 15.1. The number of hydrogen-bond acceptors (Lipinski definition) is 3. The van der Waals surface area contributed by atoms with Crippen LogP contribution in [0.25, 0.3) is 0 Å². The minimum atomic E-state index is -1.09. The van der Waals surface area contributed by atoms with Crippen molar-refractivity contribution in [3.8, 4) is 0 Å². The van der Waals surface area contributed by atoms with Crippen LogP contribution in [0.3, 0.4) is 0 Å². The zero-order valence-electron chi connectivity index (χ0n) is 14.6. The second-order valence-electron chi connectivity index (χ2n) is 7.51. The van der Waals surface area contributed by atoms with Crippen molar-refractivity contribution < 1.29 is 9.50 Å². The van der Waals surface area contributed by atoms with Gasteiger partial charge in [-0.05, 0) is 37.2 Å². The van der Waals surface area contributed by atoms with Gasteiger partial charge in [-0.2, -0.15) is 0 Å². The molecule has 2 atom stereocenters. The van der Waals surface area contributed by atoms with Crippen LogP contribution in [0.15, 0.2) is 30.3 Å². The van der Waals surface area contributed by atoms with E-state index in [0.717, 1.165) is 19.5 Å². The SMILES string of the molecule is OCCN1CCC(F)(CN[C@@H]2CCCC[C@H]2c2ccccc2)CC1. The van der Waals surface area contributed by atoms with E-state index < -0.39 is 5.67 Å². The summed E-state index contributed by atoms with van der Waals surface area (Å²) >= 11 is 0. The Labute approximate surface area is 145 Å². The maximum atomic E-state index is 15.1. The molecule has 1 aliphatic heterocycles. The number of benzene rings is 1. The van der Waals surface area contributed by atoms with Gasteiger partial charge >= 0.3 is 0 Å². The monoisotopic (exact) mass is 334 g/mol. The molecule has 1 saturated carbocycles. The van der Waals surface area contributed by atoms with E-state index in [-0.39, 0.29) is 6.61 Å². The summed E-state index contributed by atoms with van der Waals surface area (Å²) in [5.74, 6) is 0.512. The van der Waals surface area contributed by atoms with E-state index in [1.165, 1.54) is 24.8 Å². The molecule has 1 saturated heterocycles. The van der Waals surface area contributed by atoms with Crippen LogP contribution in [0.5, 0.6) is 0 Å². The summed E-state index contributed by atoms with van der Waals surface area (Å²) in [4.78, 5) is 2.16. The number of alkyl halides is 1. The summed E-state index contributed by atoms with van der Waals surface area (Å²) in [6.07, 6.45) is 6.00. The smallest absolute Gasteiger partial charge is 0.125 e. The highest BCUT2D eigenvalue weighted by Crippen LogP contribution is 2.34. The van der Waals surface area contributed by atoms with Crippen molar-refractivity contribution >= 4 is 0 Å². The number of rotatable bonds is 6. The molecule has 2 aliphatic rings. The van der Waals surface area contributed by atoms with Gasteiger partial charge in [0.15, 0.2) is 0 Å². The molecule has 3 nitrogen and oxygen atoms in total. The van der Waals surface area contributed by atoms with Gasteiger partial charge in [0.1, 0.15) is 5.67 Å². The van der Waals surface area contributed by atoms with Gasteiger partial charge in [0.05, 0.1) is 6.61 Å². The molecule has 1 aromatic rings. The molecular weight excluding hydrogens is 303 g/mol. The molecule has 0 spiro atoms. The number of piperidine rings is 1. The van der Waals surface area contributed by atoms with Gasteiger partial charge in [0.25, 0.3) is 0 Å². The van der Waals surface area contributed by atoms with Gasteiger partial charge in [-0.1, -0.05) is 43.2 Å². The first-order chi connectivity index (χ1) is 11.7. The molecule has 24 heavy (non-hydrogen) atoms. The van der Waals surface area contributed by atoms with E-state index in [1.807, 2.05) is 0 Å². The maximum Gasteiger partial charge on any atom is 0.125 e. The van der Waals surface area contributed by atoms with Gasteiger partial charge in [-0.15, -0.1) is 0 Å². The maximum absolute atomic E-state index is 15.1. The van der Waals surface area contributed by atoms with Crippen LogP contribution in [-0.4, -0.2) is 54.5 Å². The van der Waals surface area contributed by atoms with Gasteiger partial charge in [0, 0.05) is 32.2 Å². The number of hydrogen-bond donors (Lipinski definition) is 2. The van der Waals surface area contributed by atoms with Crippen molar-refractivity contribution in [3.63, 3.8) is 0 Å². The summed E-state index contributed by atoms with van der Waals surface area (Å²) in [5, 5.41) is 12.6. The Balaban J connectivity index is 1.54. The highest BCUT2D eigenvalue weighted by Gasteiger charge is 2.36. The fourth-order valence-corrected chi connectivity index (χ4v) is 4.28. The lowest BCUT2D eigenvalue weighted by atomic mass is 9.79. The average Bonchev–Trinajstić information content (AvgIpc) is 2.63. The van der Waals surface area contributed by atoms with E-state index in [2.05, 4.69) is 40.5 Å². The Morgan fingerprint density at radius 1 is 1.12 bits per heavy atom. The van der Waals surface area contributed by atoms with Crippen molar-refractivity contribution in [2.75, 3.05) is 32.8 Å². The molecule has 3 rings (SSSR count). The summed E-state index contributed by atoms with van der Waals surface area (Å²) in [6, 6.07) is 11.1. The Morgan fingerprint density at radius 2 is 1.83 bits per heavy atom. The first-order valence-corrected chi connectivity index (χ1v) is 9.51. The van der Waals surface area contributed by atoms with Crippen LogP contribution in [0, 0.1) is 0 Å². The molecule has 2 fully saturated rings. The van der Waals surface area contributed by atoms with Crippen molar-refractivity contribution in [2.24, 2.45) is 0 Å². The molecule has 0 bridgehead atoms. The molecule has 2 N–H and O–H groups in total. The highest BCUT2D eigenvalue weighted by atomic mass is 19.1. The molecule has 1 aromatic carbocycles. The number of aliphatic hydroxyl groups excluding tert-OH is 1. The Kier molecular flexibility index (Phi) is 6.25. The molecule has 0 aromatic heterocycles. The van der Waals surface area contributed by atoms with E-state index in [0.29, 0.717) is 37.9 Å². The topological polar surface area (TPSA) is 35.5 Å². The predicted octanol–water partition coefficient (Wildman–Crippen LogP) is 3.10. The Morgan fingerprint density at radius 3 is 2.54 bits per heavy atom. The molecule has 134 valence electrons. The second kappa shape index (κ2) is 8.41. The lowest BCUT2D eigenvalue weighted by Crippen LogP contribution is -2.50. The number of likely N-dealkylation sites (tertiary alicyclic amines) is 1. The third kappa shape index (κ3) is 4.56. The normalized spacial score (nSPS) is 27.9. The largest absolute Gasteiger partial charge is 0.395 e. The lowest BCUT2D eigenvalue weighted by Gasteiger charge is -2.39. The van der Waals surface area contributed by atoms with Crippen molar-refractivity contribution in [3.05, 3.63) is 35.9 Å². The van der Waals surface area contributed by atoms with Crippen LogP contribution in [-0.2, 0) is 0 Å². The molecule has 1 heterocycles.